The Morgan fingerprint density at radius 1 is 1.24 bits per heavy atom. The predicted octanol–water partition coefficient (Wildman–Crippen LogP) is 5.07. The molecule has 0 unspecified atom stereocenters. The molecule has 0 radical (unpaired) electrons. The van der Waals surface area contributed by atoms with Crippen molar-refractivity contribution in [3.8, 4) is 28.8 Å². The Bertz CT molecular complexity index is 1500. The maximum Gasteiger partial charge on any atom is 0.459 e. The van der Waals surface area contributed by atoms with Crippen LogP contribution in [0.4, 0.5) is 30.7 Å². The van der Waals surface area contributed by atoms with Gasteiger partial charge in [-0.05, 0) is 25.8 Å². The third-order valence-corrected chi connectivity index (χ3v) is 6.46. The van der Waals surface area contributed by atoms with Crippen molar-refractivity contribution in [1.29, 1.82) is 5.26 Å². The lowest BCUT2D eigenvalue weighted by Crippen LogP contribution is -2.43. The number of carbonyl (C=O) groups excluding carboxylic acids is 1. The summed E-state index contributed by atoms with van der Waals surface area (Å²) in [5, 5.41) is 16.4. The SMILES string of the molecule is CCOCN(C(=O)c1cc(-c2cnn(-c3c(OC(F)F)c(C(F)(F)C(F)(F)F)nn3C)c2)cnc1Cl)C1(C#N)CC1. The molecule has 1 amide bonds. The third kappa shape index (κ3) is 5.53. The summed E-state index contributed by atoms with van der Waals surface area (Å²) in [6.07, 6.45) is -1.92. The molecule has 3 heterocycles. The van der Waals surface area contributed by atoms with E-state index in [9.17, 15) is 40.8 Å². The number of hydrogen-bond donors (Lipinski definition) is 0. The van der Waals surface area contributed by atoms with E-state index >= 15 is 0 Å². The lowest BCUT2D eigenvalue weighted by atomic mass is 10.1. The average molecular weight is 610 g/mol. The topological polar surface area (TPSA) is 111 Å². The maximum absolute atomic E-state index is 14.1. The molecule has 1 aliphatic carbocycles. The zero-order valence-corrected chi connectivity index (χ0v) is 21.9. The fourth-order valence-corrected chi connectivity index (χ4v) is 4.08. The molecule has 3 aromatic rings. The summed E-state index contributed by atoms with van der Waals surface area (Å²) in [4.78, 5) is 18.6. The summed E-state index contributed by atoms with van der Waals surface area (Å²) in [7, 11) is 0.932. The molecule has 0 saturated heterocycles. The number of halogens is 8. The first kappa shape index (κ1) is 30.1. The van der Waals surface area contributed by atoms with Crippen LogP contribution < -0.4 is 4.74 Å². The minimum atomic E-state index is -6.16. The molecule has 1 fully saturated rings. The van der Waals surface area contributed by atoms with Gasteiger partial charge >= 0.3 is 18.7 Å². The second-order valence-corrected chi connectivity index (χ2v) is 9.17. The van der Waals surface area contributed by atoms with Crippen LogP contribution in [0.3, 0.4) is 0 Å². The molecule has 10 nitrogen and oxygen atoms in total. The number of carbonyl (C=O) groups is 1. The third-order valence-electron chi connectivity index (χ3n) is 6.16. The first-order valence-corrected chi connectivity index (χ1v) is 12.0. The van der Waals surface area contributed by atoms with E-state index in [1.165, 1.54) is 17.2 Å². The first-order valence-electron chi connectivity index (χ1n) is 11.7. The summed E-state index contributed by atoms with van der Waals surface area (Å²) in [5.41, 5.74) is -2.96. The molecule has 0 aromatic carbocycles. The van der Waals surface area contributed by atoms with E-state index in [2.05, 4.69) is 26.0 Å². The molecule has 41 heavy (non-hydrogen) atoms. The Morgan fingerprint density at radius 2 is 1.93 bits per heavy atom. The zero-order chi connectivity index (χ0) is 30.3. The Morgan fingerprint density at radius 3 is 2.49 bits per heavy atom. The highest BCUT2D eigenvalue weighted by molar-refractivity contribution is 6.32. The van der Waals surface area contributed by atoms with Crippen molar-refractivity contribution in [2.24, 2.45) is 7.05 Å². The molecule has 0 bridgehead atoms. The van der Waals surface area contributed by atoms with Gasteiger partial charge in [-0.2, -0.15) is 46.2 Å². The minimum absolute atomic E-state index is 0.118. The second-order valence-electron chi connectivity index (χ2n) is 8.81. The number of nitrogens with zero attached hydrogens (tertiary/aromatic N) is 7. The van der Waals surface area contributed by atoms with Crippen LogP contribution in [0, 0.1) is 11.3 Å². The van der Waals surface area contributed by atoms with E-state index in [1.807, 2.05) is 0 Å². The number of pyridine rings is 1. The van der Waals surface area contributed by atoms with Gasteiger partial charge in [0, 0.05) is 37.2 Å². The number of amides is 1. The smallest absolute Gasteiger partial charge is 0.428 e. The van der Waals surface area contributed by atoms with Crippen LogP contribution in [-0.4, -0.2) is 67.0 Å². The Hall–Kier alpha value is -3.91. The summed E-state index contributed by atoms with van der Waals surface area (Å²) >= 11 is 6.18. The summed E-state index contributed by atoms with van der Waals surface area (Å²) in [6, 6.07) is 3.40. The van der Waals surface area contributed by atoms with Crippen LogP contribution >= 0.6 is 11.6 Å². The van der Waals surface area contributed by atoms with Crippen molar-refractivity contribution in [2.45, 2.75) is 44.0 Å². The molecule has 220 valence electrons. The Labute approximate surface area is 231 Å². The van der Waals surface area contributed by atoms with Gasteiger partial charge in [0.1, 0.15) is 17.4 Å². The van der Waals surface area contributed by atoms with E-state index in [0.29, 0.717) is 22.2 Å². The predicted molar refractivity (Wildman–Crippen MR) is 125 cm³/mol. The van der Waals surface area contributed by atoms with Crippen molar-refractivity contribution >= 4 is 17.5 Å². The molecular formula is C23H19ClF7N7O3. The molecule has 0 N–H and O–H groups in total. The highest BCUT2D eigenvalue weighted by Crippen LogP contribution is 2.48. The zero-order valence-electron chi connectivity index (χ0n) is 21.1. The van der Waals surface area contributed by atoms with E-state index < -0.39 is 47.4 Å². The number of hydrogen-bond acceptors (Lipinski definition) is 7. The molecule has 3 aromatic heterocycles. The lowest BCUT2D eigenvalue weighted by molar-refractivity contribution is -0.291. The average Bonchev–Trinajstić information content (AvgIpc) is 3.41. The molecule has 1 aliphatic rings. The molecule has 0 aliphatic heterocycles. The van der Waals surface area contributed by atoms with E-state index in [4.69, 9.17) is 16.3 Å². The molecule has 0 atom stereocenters. The van der Waals surface area contributed by atoms with Crippen molar-refractivity contribution in [1.82, 2.24) is 29.4 Å². The van der Waals surface area contributed by atoms with E-state index in [1.54, 1.807) is 6.92 Å². The fourth-order valence-electron chi connectivity index (χ4n) is 3.89. The van der Waals surface area contributed by atoms with Crippen LogP contribution in [0.25, 0.3) is 16.9 Å². The van der Waals surface area contributed by atoms with E-state index in [-0.39, 0.29) is 35.2 Å². The first-order chi connectivity index (χ1) is 19.2. The van der Waals surface area contributed by atoms with Crippen LogP contribution in [0.2, 0.25) is 5.15 Å². The molecule has 4 rings (SSSR count). The number of rotatable bonds is 10. The van der Waals surface area contributed by atoms with Crippen LogP contribution in [0.15, 0.2) is 24.7 Å². The van der Waals surface area contributed by atoms with Gasteiger partial charge in [-0.15, -0.1) is 0 Å². The standard InChI is InChI=1S/C23H19ClF7N7O3/c1-3-40-11-37(21(10-32)4-5-21)19(39)14-6-12(7-33-17(14)24)13-8-34-38(9-13)18-15(41-20(25)26)16(35-36(18)2)22(27,28)23(29,30)31/h6-9,20H,3-5,11H2,1-2H3. The van der Waals surface area contributed by atoms with Gasteiger partial charge in [-0.25, -0.2) is 14.3 Å². The molecule has 18 heteroatoms. The van der Waals surface area contributed by atoms with Crippen LogP contribution in [-0.2, 0) is 17.7 Å². The monoisotopic (exact) mass is 609 g/mol. The van der Waals surface area contributed by atoms with Crippen molar-refractivity contribution < 1.29 is 45.0 Å². The normalized spacial score (nSPS) is 14.7. The minimum Gasteiger partial charge on any atom is -0.428 e. The molecular weight excluding hydrogens is 591 g/mol. The van der Waals surface area contributed by atoms with Crippen LogP contribution in [0.5, 0.6) is 5.75 Å². The highest BCUT2D eigenvalue weighted by Gasteiger charge is 2.62. The quantitative estimate of drug-likeness (QED) is 0.179. The van der Waals surface area contributed by atoms with Crippen LogP contribution in [0.1, 0.15) is 35.8 Å². The number of aryl methyl sites for hydroxylation is 1. The van der Waals surface area contributed by atoms with Crippen molar-refractivity contribution in [3.63, 3.8) is 0 Å². The second kappa shape index (κ2) is 10.8. The van der Waals surface area contributed by atoms with Crippen molar-refractivity contribution in [2.75, 3.05) is 13.3 Å². The van der Waals surface area contributed by atoms with Gasteiger partial charge < -0.3 is 9.47 Å². The number of ether oxygens (including phenoxy) is 2. The van der Waals surface area contributed by atoms with Gasteiger partial charge in [0.05, 0.1) is 17.8 Å². The number of alkyl halides is 7. The summed E-state index contributed by atoms with van der Waals surface area (Å²) in [5.74, 6) is -8.60. The van der Waals surface area contributed by atoms with Gasteiger partial charge in [-0.1, -0.05) is 11.6 Å². The summed E-state index contributed by atoms with van der Waals surface area (Å²) in [6.45, 7) is -2.00. The van der Waals surface area contributed by atoms with Gasteiger partial charge in [-0.3, -0.25) is 9.69 Å². The van der Waals surface area contributed by atoms with Gasteiger partial charge in [0.2, 0.25) is 0 Å². The molecule has 0 spiro atoms. The van der Waals surface area contributed by atoms with E-state index in [0.717, 1.165) is 19.4 Å². The largest absolute Gasteiger partial charge is 0.459 e. The number of aromatic nitrogens is 5. The van der Waals surface area contributed by atoms with Gasteiger partial charge in [0.15, 0.2) is 17.3 Å². The summed E-state index contributed by atoms with van der Waals surface area (Å²) < 4.78 is 104. The van der Waals surface area contributed by atoms with Crippen molar-refractivity contribution in [3.05, 3.63) is 41.1 Å². The maximum atomic E-state index is 14.1. The Balaban J connectivity index is 1.75. The Kier molecular flexibility index (Phi) is 7.93. The molecule has 1 saturated carbocycles. The fraction of sp³-hybridized carbons (Fsp3) is 0.435. The lowest BCUT2D eigenvalue weighted by Gasteiger charge is -2.27. The number of nitriles is 1. The van der Waals surface area contributed by atoms with Gasteiger partial charge in [0.25, 0.3) is 5.91 Å². The highest BCUT2D eigenvalue weighted by atomic mass is 35.5.